The molecule has 1 aliphatic heterocycles. The Morgan fingerprint density at radius 2 is 1.90 bits per heavy atom. The van der Waals surface area contributed by atoms with Crippen LogP contribution in [-0.4, -0.2) is 30.0 Å². The van der Waals surface area contributed by atoms with Crippen LogP contribution in [0.25, 0.3) is 6.08 Å². The smallest absolute Gasteiger partial charge is 0.329 e. The van der Waals surface area contributed by atoms with Crippen molar-refractivity contribution in [2.24, 2.45) is 0 Å². The molecule has 2 aromatic carbocycles. The van der Waals surface area contributed by atoms with E-state index in [2.05, 4.69) is 5.32 Å². The fourth-order valence-electron chi connectivity index (χ4n) is 2.95. The lowest BCUT2D eigenvalue weighted by molar-refractivity contribution is -0.122. The highest BCUT2D eigenvalue weighted by atomic mass is 19.1. The average molecular weight is 398 g/mol. The first-order chi connectivity index (χ1) is 14.0. The first-order valence-corrected chi connectivity index (χ1v) is 9.50. The van der Waals surface area contributed by atoms with Crippen LogP contribution in [0.2, 0.25) is 0 Å². The van der Waals surface area contributed by atoms with Crippen LogP contribution in [0.1, 0.15) is 31.4 Å². The Balaban J connectivity index is 1.79. The van der Waals surface area contributed by atoms with E-state index >= 15 is 0 Å². The molecule has 2 aromatic rings. The van der Waals surface area contributed by atoms with Crippen LogP contribution >= 0.6 is 0 Å². The van der Waals surface area contributed by atoms with Gasteiger partial charge in [0.15, 0.2) is 11.5 Å². The number of nitrogens with one attached hydrogen (secondary N) is 1. The summed E-state index contributed by atoms with van der Waals surface area (Å²) in [6, 6.07) is 11.0. The Kier molecular flexibility index (Phi) is 6.49. The first-order valence-electron chi connectivity index (χ1n) is 9.50. The Labute approximate surface area is 168 Å². The molecule has 0 aromatic heterocycles. The van der Waals surface area contributed by atoms with E-state index in [1.54, 1.807) is 36.4 Å². The SMILES string of the molecule is CCCN1C(=O)N/C(=C/c2ccc(OCc3cccc(F)c3)c(OCC)c2)C1=O. The molecule has 1 N–H and O–H groups in total. The largest absolute Gasteiger partial charge is 0.490 e. The first kappa shape index (κ1) is 20.4. The third-order valence-corrected chi connectivity index (χ3v) is 4.27. The molecular weight excluding hydrogens is 375 g/mol. The molecule has 1 fully saturated rings. The maximum Gasteiger partial charge on any atom is 0.329 e. The maximum absolute atomic E-state index is 13.3. The molecule has 29 heavy (non-hydrogen) atoms. The van der Waals surface area contributed by atoms with Crippen LogP contribution in [0.15, 0.2) is 48.2 Å². The molecule has 0 unspecified atom stereocenters. The molecule has 7 heteroatoms. The molecule has 0 saturated carbocycles. The molecular formula is C22H23FN2O4. The number of carbonyl (C=O) groups is 2. The van der Waals surface area contributed by atoms with Gasteiger partial charge in [-0.15, -0.1) is 0 Å². The highest BCUT2D eigenvalue weighted by Crippen LogP contribution is 2.30. The highest BCUT2D eigenvalue weighted by molar-refractivity contribution is 6.13. The number of urea groups is 1. The van der Waals surface area contributed by atoms with Gasteiger partial charge in [-0.1, -0.05) is 25.1 Å². The minimum atomic E-state index is -0.414. The topological polar surface area (TPSA) is 67.9 Å². The normalized spacial score (nSPS) is 15.0. The van der Waals surface area contributed by atoms with Crippen LogP contribution < -0.4 is 14.8 Å². The maximum atomic E-state index is 13.3. The number of ether oxygens (including phenoxy) is 2. The second-order valence-corrected chi connectivity index (χ2v) is 6.50. The number of halogens is 1. The summed E-state index contributed by atoms with van der Waals surface area (Å²) in [7, 11) is 0. The zero-order valence-corrected chi connectivity index (χ0v) is 16.4. The average Bonchev–Trinajstić information content (AvgIpc) is 2.95. The van der Waals surface area contributed by atoms with Crippen molar-refractivity contribution < 1.29 is 23.5 Å². The fraction of sp³-hybridized carbons (Fsp3) is 0.273. The standard InChI is InChI=1S/C22H23FN2O4/c1-3-10-25-21(26)18(24-22(25)27)12-15-8-9-19(20(13-15)28-4-2)29-14-16-6-5-7-17(23)11-16/h5-9,11-13H,3-4,10,14H2,1-2H3,(H,24,27)/b18-12+. The fourth-order valence-corrected chi connectivity index (χ4v) is 2.95. The zero-order valence-electron chi connectivity index (χ0n) is 16.4. The van der Waals surface area contributed by atoms with Gasteiger partial charge in [0.05, 0.1) is 6.61 Å². The van der Waals surface area contributed by atoms with E-state index < -0.39 is 6.03 Å². The quantitative estimate of drug-likeness (QED) is 0.537. The van der Waals surface area contributed by atoms with Gasteiger partial charge in [-0.3, -0.25) is 9.69 Å². The second-order valence-electron chi connectivity index (χ2n) is 6.50. The van der Waals surface area contributed by atoms with Crippen molar-refractivity contribution in [3.63, 3.8) is 0 Å². The summed E-state index contributed by atoms with van der Waals surface area (Å²) in [6.07, 6.45) is 2.30. The van der Waals surface area contributed by atoms with Gasteiger partial charge in [0.2, 0.25) is 0 Å². The third-order valence-electron chi connectivity index (χ3n) is 4.27. The molecule has 3 amide bonds. The number of benzene rings is 2. The summed E-state index contributed by atoms with van der Waals surface area (Å²) in [5.74, 6) is 0.341. The van der Waals surface area contributed by atoms with Crippen LogP contribution in [0.5, 0.6) is 11.5 Å². The number of imide groups is 1. The summed E-state index contributed by atoms with van der Waals surface area (Å²) in [5.41, 5.74) is 1.61. The van der Waals surface area contributed by atoms with Gasteiger partial charge in [0.25, 0.3) is 5.91 Å². The monoisotopic (exact) mass is 398 g/mol. The summed E-state index contributed by atoms with van der Waals surface area (Å²) >= 11 is 0. The molecule has 0 aliphatic carbocycles. The predicted octanol–water partition coefficient (Wildman–Crippen LogP) is 4.11. The van der Waals surface area contributed by atoms with Gasteiger partial charge in [0, 0.05) is 6.54 Å². The van der Waals surface area contributed by atoms with Crippen LogP contribution in [0.4, 0.5) is 9.18 Å². The molecule has 6 nitrogen and oxygen atoms in total. The molecule has 0 bridgehead atoms. The van der Waals surface area contributed by atoms with Gasteiger partial charge >= 0.3 is 6.03 Å². The summed E-state index contributed by atoms with van der Waals surface area (Å²) in [5, 5.41) is 2.60. The summed E-state index contributed by atoms with van der Waals surface area (Å²) in [6.45, 7) is 4.75. The van der Waals surface area contributed by atoms with Crippen molar-refractivity contribution in [2.75, 3.05) is 13.2 Å². The number of rotatable bonds is 8. The molecule has 0 radical (unpaired) electrons. The zero-order chi connectivity index (χ0) is 20.8. The lowest BCUT2D eigenvalue weighted by Gasteiger charge is -2.13. The van der Waals surface area contributed by atoms with Crippen LogP contribution in [-0.2, 0) is 11.4 Å². The minimum absolute atomic E-state index is 0.193. The molecule has 1 saturated heterocycles. The van der Waals surface area contributed by atoms with Gasteiger partial charge in [-0.25, -0.2) is 9.18 Å². The molecule has 1 heterocycles. The summed E-state index contributed by atoms with van der Waals surface area (Å²) < 4.78 is 24.8. The number of carbonyl (C=O) groups excluding carboxylic acids is 2. The lowest BCUT2D eigenvalue weighted by atomic mass is 10.1. The van der Waals surface area contributed by atoms with Crippen molar-refractivity contribution in [1.29, 1.82) is 0 Å². The third kappa shape index (κ3) is 4.93. The molecule has 1 aliphatic rings. The van der Waals surface area contributed by atoms with E-state index in [-0.39, 0.29) is 24.0 Å². The Hall–Kier alpha value is -3.35. The molecule has 152 valence electrons. The van der Waals surface area contributed by atoms with Gasteiger partial charge < -0.3 is 14.8 Å². The van der Waals surface area contributed by atoms with Crippen LogP contribution in [0.3, 0.4) is 0 Å². The minimum Gasteiger partial charge on any atom is -0.490 e. The van der Waals surface area contributed by atoms with Crippen molar-refractivity contribution in [1.82, 2.24) is 10.2 Å². The number of hydrogen-bond donors (Lipinski definition) is 1. The van der Waals surface area contributed by atoms with E-state index in [9.17, 15) is 14.0 Å². The molecule has 3 rings (SSSR count). The Morgan fingerprint density at radius 3 is 2.62 bits per heavy atom. The molecule has 0 spiro atoms. The van der Waals surface area contributed by atoms with E-state index in [1.165, 1.54) is 17.0 Å². The Bertz CT molecular complexity index is 942. The summed E-state index contributed by atoms with van der Waals surface area (Å²) in [4.78, 5) is 25.5. The molecule has 0 atom stereocenters. The van der Waals surface area contributed by atoms with E-state index in [0.717, 1.165) is 0 Å². The number of hydrogen-bond acceptors (Lipinski definition) is 4. The van der Waals surface area contributed by atoms with Crippen molar-refractivity contribution in [3.8, 4) is 11.5 Å². The highest BCUT2D eigenvalue weighted by Gasteiger charge is 2.32. The van der Waals surface area contributed by atoms with Gasteiger partial charge in [-0.2, -0.15) is 0 Å². The number of nitrogens with zero attached hydrogens (tertiary/aromatic N) is 1. The van der Waals surface area contributed by atoms with E-state index in [1.807, 2.05) is 13.8 Å². The number of amides is 3. The van der Waals surface area contributed by atoms with Crippen molar-refractivity contribution in [3.05, 3.63) is 65.1 Å². The Morgan fingerprint density at radius 1 is 1.07 bits per heavy atom. The van der Waals surface area contributed by atoms with Gasteiger partial charge in [-0.05, 0) is 54.8 Å². The van der Waals surface area contributed by atoms with Gasteiger partial charge in [0.1, 0.15) is 18.1 Å². The van der Waals surface area contributed by atoms with E-state index in [4.69, 9.17) is 9.47 Å². The second kappa shape index (κ2) is 9.23. The lowest BCUT2D eigenvalue weighted by Crippen LogP contribution is -2.31. The van der Waals surface area contributed by atoms with Crippen molar-refractivity contribution in [2.45, 2.75) is 26.9 Å². The van der Waals surface area contributed by atoms with Crippen molar-refractivity contribution >= 4 is 18.0 Å². The van der Waals surface area contributed by atoms with E-state index in [0.29, 0.717) is 42.2 Å². The predicted molar refractivity (Wildman–Crippen MR) is 107 cm³/mol. The van der Waals surface area contributed by atoms with Crippen LogP contribution in [0, 0.1) is 5.82 Å².